The number of oxazole rings is 1. The van der Waals surface area contributed by atoms with Gasteiger partial charge >= 0.3 is 12.1 Å². The highest BCUT2D eigenvalue weighted by molar-refractivity contribution is 6.45. The Morgan fingerprint density at radius 2 is 1.76 bits per heavy atom. The molecule has 3 aromatic rings. The van der Waals surface area contributed by atoms with Crippen molar-refractivity contribution in [3.05, 3.63) is 71.1 Å². The van der Waals surface area contributed by atoms with Gasteiger partial charge in [0.2, 0.25) is 5.89 Å². The van der Waals surface area contributed by atoms with Crippen LogP contribution in [0.5, 0.6) is 5.75 Å². The smallest absolute Gasteiger partial charge is 0.416 e. The van der Waals surface area contributed by atoms with Gasteiger partial charge in [-0.25, -0.2) is 4.98 Å². The van der Waals surface area contributed by atoms with Crippen molar-refractivity contribution in [2.24, 2.45) is 5.92 Å². The number of aryl methyl sites for hydroxylation is 1. The topological polar surface area (TPSA) is 113 Å². The summed E-state index contributed by atoms with van der Waals surface area (Å²) in [5.41, 5.74) is -1.02. The van der Waals surface area contributed by atoms with Crippen LogP contribution in [-0.4, -0.2) is 27.6 Å². The average Bonchev–Trinajstić information content (AvgIpc) is 3.22. The third kappa shape index (κ3) is 6.07. The van der Waals surface area contributed by atoms with Crippen molar-refractivity contribution in [3.63, 3.8) is 0 Å². The van der Waals surface area contributed by atoms with Gasteiger partial charge in [0.25, 0.3) is 0 Å². The van der Waals surface area contributed by atoms with Crippen LogP contribution in [0.2, 0.25) is 0 Å². The molecule has 2 aromatic carbocycles. The maximum atomic E-state index is 13.0. The number of aliphatic carboxylic acids is 1. The summed E-state index contributed by atoms with van der Waals surface area (Å²) in [6, 6.07) is 11.2. The predicted octanol–water partition coefficient (Wildman–Crippen LogP) is 6.23. The number of ketones is 1. The zero-order chi connectivity index (χ0) is 27.5. The molecule has 0 saturated heterocycles. The van der Waals surface area contributed by atoms with E-state index in [0.717, 1.165) is 12.1 Å². The van der Waals surface area contributed by atoms with Crippen molar-refractivity contribution in [2.75, 3.05) is 0 Å². The normalized spacial score (nSPS) is 12.7. The van der Waals surface area contributed by atoms with E-state index in [1.165, 1.54) is 12.1 Å². The molecule has 1 aromatic heterocycles. The number of aromatic nitrogens is 1. The summed E-state index contributed by atoms with van der Waals surface area (Å²) in [7, 11) is 0. The molecule has 0 aliphatic heterocycles. The molecule has 196 valence electrons. The van der Waals surface area contributed by atoms with Gasteiger partial charge < -0.3 is 19.7 Å². The van der Waals surface area contributed by atoms with Gasteiger partial charge in [-0.1, -0.05) is 19.1 Å². The lowest BCUT2D eigenvalue weighted by atomic mass is 9.76. The maximum Gasteiger partial charge on any atom is 0.416 e. The molecule has 0 unspecified atom stereocenters. The highest BCUT2D eigenvalue weighted by Crippen LogP contribution is 2.32. The van der Waals surface area contributed by atoms with Crippen molar-refractivity contribution in [2.45, 2.75) is 52.3 Å². The van der Waals surface area contributed by atoms with E-state index in [0.29, 0.717) is 28.3 Å². The zero-order valence-electron chi connectivity index (χ0n) is 20.8. The number of nitrogens with zero attached hydrogens (tertiary/aromatic N) is 1. The third-order valence-electron chi connectivity index (χ3n) is 6.15. The van der Waals surface area contributed by atoms with Crippen molar-refractivity contribution < 1.29 is 37.0 Å². The Labute approximate surface area is 211 Å². The lowest BCUT2D eigenvalue weighted by molar-refractivity contribution is -0.140. The van der Waals surface area contributed by atoms with Crippen LogP contribution in [0, 0.1) is 18.3 Å². The number of carbonyl (C=O) groups is 2. The van der Waals surface area contributed by atoms with E-state index in [4.69, 9.17) is 14.6 Å². The van der Waals surface area contributed by atoms with Gasteiger partial charge in [0.1, 0.15) is 29.7 Å². The van der Waals surface area contributed by atoms with Gasteiger partial charge in [0.15, 0.2) is 5.78 Å². The number of rotatable bonds is 10. The Kier molecular flexibility index (Phi) is 7.90. The molecule has 7 nitrogen and oxygen atoms in total. The Morgan fingerprint density at radius 3 is 2.32 bits per heavy atom. The number of nitrogens with one attached hydrogen (secondary N) is 1. The number of hydrogen-bond donors (Lipinski definition) is 2. The summed E-state index contributed by atoms with van der Waals surface area (Å²) in [5.74, 6) is -1.98. The number of ether oxygens (including phenoxy) is 1. The van der Waals surface area contributed by atoms with E-state index in [9.17, 15) is 27.9 Å². The molecule has 37 heavy (non-hydrogen) atoms. The fourth-order valence-electron chi connectivity index (χ4n) is 3.74. The Hall–Kier alpha value is -3.95. The molecule has 2 N–H and O–H groups in total. The molecular weight excluding hydrogens is 489 g/mol. The van der Waals surface area contributed by atoms with E-state index in [-0.39, 0.29) is 18.9 Å². The standard InChI is InChI=1S/C27H27F3N2O5/c1-5-20(25(34)35)22(31)23(33)26(3,4)18-7-6-8-19(13-18)36-14-21-15(2)37-24(32-21)16-9-11-17(12-10-16)27(28,29)30/h6-13,20,31H,5,14H2,1-4H3,(H,34,35)/t20-/m1/s1. The van der Waals surface area contributed by atoms with Gasteiger partial charge in [-0.2, -0.15) is 13.2 Å². The van der Waals surface area contributed by atoms with Gasteiger partial charge in [-0.15, -0.1) is 0 Å². The average molecular weight is 517 g/mol. The first-order chi connectivity index (χ1) is 17.3. The minimum absolute atomic E-state index is 0.000535. The van der Waals surface area contributed by atoms with E-state index < -0.39 is 40.5 Å². The maximum absolute atomic E-state index is 13.0. The summed E-state index contributed by atoms with van der Waals surface area (Å²) in [4.78, 5) is 28.8. The van der Waals surface area contributed by atoms with Crippen LogP contribution >= 0.6 is 0 Å². The lowest BCUT2D eigenvalue weighted by Gasteiger charge is -2.26. The third-order valence-corrected chi connectivity index (χ3v) is 6.15. The van der Waals surface area contributed by atoms with Crippen LogP contribution in [-0.2, 0) is 27.8 Å². The van der Waals surface area contributed by atoms with Crippen LogP contribution in [0.4, 0.5) is 13.2 Å². The molecule has 0 amide bonds. The molecule has 10 heteroatoms. The van der Waals surface area contributed by atoms with Crippen LogP contribution in [0.25, 0.3) is 11.5 Å². The van der Waals surface area contributed by atoms with Crippen LogP contribution in [0.3, 0.4) is 0 Å². The SMILES string of the molecule is CC[C@H](C(=N)C(=O)C(C)(C)c1cccc(OCc2nc(-c3ccc(C(F)(F)F)cc3)oc2C)c1)C(=O)O. The van der Waals surface area contributed by atoms with E-state index in [1.807, 2.05) is 0 Å². The largest absolute Gasteiger partial charge is 0.487 e. The van der Waals surface area contributed by atoms with E-state index in [1.54, 1.807) is 52.0 Å². The second-order valence-electron chi connectivity index (χ2n) is 9.08. The minimum Gasteiger partial charge on any atom is -0.487 e. The number of halogens is 3. The quantitative estimate of drug-likeness (QED) is 0.309. The molecule has 1 heterocycles. The minimum atomic E-state index is -4.44. The second kappa shape index (κ2) is 10.6. The fraction of sp³-hybridized carbons (Fsp3) is 0.333. The summed E-state index contributed by atoms with van der Waals surface area (Å²) < 4.78 is 49.9. The molecule has 0 fully saturated rings. The number of carboxylic acids is 1. The highest BCUT2D eigenvalue weighted by Gasteiger charge is 2.37. The summed E-state index contributed by atoms with van der Waals surface area (Å²) in [6.45, 7) is 6.51. The monoisotopic (exact) mass is 516 g/mol. The molecule has 3 rings (SSSR count). The highest BCUT2D eigenvalue weighted by atomic mass is 19.4. The molecule has 0 aliphatic rings. The number of Topliss-reactive ketones (excluding diaryl/α,β-unsaturated/α-hetero) is 1. The van der Waals surface area contributed by atoms with Gasteiger partial charge in [-0.05, 0) is 69.2 Å². The van der Waals surface area contributed by atoms with E-state index in [2.05, 4.69) is 4.98 Å². The summed E-state index contributed by atoms with van der Waals surface area (Å²) >= 11 is 0. The summed E-state index contributed by atoms with van der Waals surface area (Å²) in [6.07, 6.45) is -4.31. The van der Waals surface area contributed by atoms with Crippen molar-refractivity contribution >= 4 is 17.5 Å². The van der Waals surface area contributed by atoms with Crippen LogP contribution in [0.1, 0.15) is 49.8 Å². The number of alkyl halides is 3. The Bertz CT molecular complexity index is 1310. The Morgan fingerprint density at radius 1 is 1.11 bits per heavy atom. The lowest BCUT2D eigenvalue weighted by Crippen LogP contribution is -2.40. The first kappa shape index (κ1) is 27.6. The van der Waals surface area contributed by atoms with Gasteiger partial charge in [-0.3, -0.25) is 9.59 Å². The van der Waals surface area contributed by atoms with Gasteiger partial charge in [0, 0.05) is 5.56 Å². The van der Waals surface area contributed by atoms with E-state index >= 15 is 0 Å². The molecule has 0 bridgehead atoms. The zero-order valence-corrected chi connectivity index (χ0v) is 20.8. The summed E-state index contributed by atoms with van der Waals surface area (Å²) in [5, 5.41) is 17.5. The molecule has 0 radical (unpaired) electrons. The first-order valence-corrected chi connectivity index (χ1v) is 11.5. The fourth-order valence-corrected chi connectivity index (χ4v) is 3.74. The predicted molar refractivity (Wildman–Crippen MR) is 130 cm³/mol. The van der Waals surface area contributed by atoms with Crippen molar-refractivity contribution in [1.29, 1.82) is 5.41 Å². The van der Waals surface area contributed by atoms with Gasteiger partial charge in [0.05, 0.1) is 16.7 Å². The molecule has 0 aliphatic carbocycles. The number of carboxylic acid groups (broad SMARTS) is 1. The molecule has 0 spiro atoms. The van der Waals surface area contributed by atoms with Crippen LogP contribution in [0.15, 0.2) is 52.9 Å². The van der Waals surface area contributed by atoms with Crippen molar-refractivity contribution in [3.8, 4) is 17.2 Å². The van der Waals surface area contributed by atoms with Crippen LogP contribution < -0.4 is 4.74 Å². The molecular formula is C27H27F3N2O5. The number of carbonyl (C=O) groups excluding carboxylic acids is 1. The Balaban J connectivity index is 1.75. The molecule has 0 saturated carbocycles. The molecule has 1 atom stereocenters. The number of benzene rings is 2. The first-order valence-electron chi connectivity index (χ1n) is 11.5. The number of hydrogen-bond acceptors (Lipinski definition) is 6. The van der Waals surface area contributed by atoms with Crippen molar-refractivity contribution in [1.82, 2.24) is 4.98 Å². The second-order valence-corrected chi connectivity index (χ2v) is 9.08.